The van der Waals surface area contributed by atoms with Gasteiger partial charge in [-0.15, -0.1) is 0 Å². The maximum absolute atomic E-state index is 12.8. The summed E-state index contributed by atoms with van der Waals surface area (Å²) in [6, 6.07) is 17.2. The zero-order valence-corrected chi connectivity index (χ0v) is 20.3. The van der Waals surface area contributed by atoms with E-state index in [1.165, 1.54) is 12.1 Å². The Bertz CT molecular complexity index is 1340. The van der Waals surface area contributed by atoms with Gasteiger partial charge in [0.2, 0.25) is 5.88 Å². The van der Waals surface area contributed by atoms with E-state index in [9.17, 15) is 10.1 Å². The van der Waals surface area contributed by atoms with Crippen molar-refractivity contribution in [3.05, 3.63) is 92.8 Å². The van der Waals surface area contributed by atoms with Crippen LogP contribution in [0.3, 0.4) is 0 Å². The van der Waals surface area contributed by atoms with Gasteiger partial charge in [-0.05, 0) is 42.8 Å². The molecule has 3 aromatic rings. The molecule has 0 bridgehead atoms. The molecule has 0 saturated heterocycles. The lowest BCUT2D eigenvalue weighted by Crippen LogP contribution is -2.21. The van der Waals surface area contributed by atoms with Crippen molar-refractivity contribution in [1.82, 2.24) is 0 Å². The molecule has 0 amide bonds. The molecule has 3 aromatic carbocycles. The Kier molecular flexibility index (Phi) is 7.06. The minimum absolute atomic E-state index is 0.0191. The lowest BCUT2D eigenvalue weighted by molar-refractivity contribution is 0.0734. The van der Waals surface area contributed by atoms with Crippen LogP contribution in [0, 0.1) is 11.3 Å². The van der Waals surface area contributed by atoms with Gasteiger partial charge in [-0.3, -0.25) is 0 Å². The largest absolute Gasteiger partial charge is 0.497 e. The van der Waals surface area contributed by atoms with Crippen LogP contribution in [0.4, 0.5) is 0 Å². The highest BCUT2D eigenvalue weighted by Gasteiger charge is 2.31. The van der Waals surface area contributed by atoms with E-state index in [2.05, 4.69) is 6.07 Å². The average molecular weight is 511 g/mol. The number of nitrogens with zero attached hydrogens (tertiary/aromatic N) is 1. The molecule has 7 nitrogen and oxygen atoms in total. The number of fused-ring (bicyclic) bond motifs is 1. The summed E-state index contributed by atoms with van der Waals surface area (Å²) in [6.07, 6.45) is 0. The number of benzene rings is 3. The SMILES string of the molecule is CCOc1c(Cl)cc(C(=O)Oc2ccc3c(c2)OC(N)=C(C#N)C3c2ccc(OC)cc2)cc1Cl. The summed E-state index contributed by atoms with van der Waals surface area (Å²) in [4.78, 5) is 12.8. The Morgan fingerprint density at radius 2 is 1.74 bits per heavy atom. The predicted molar refractivity (Wildman–Crippen MR) is 131 cm³/mol. The number of methoxy groups -OCH3 is 1. The van der Waals surface area contributed by atoms with E-state index in [4.69, 9.17) is 47.9 Å². The molecule has 0 spiro atoms. The quantitative estimate of drug-likeness (QED) is 0.328. The lowest BCUT2D eigenvalue weighted by atomic mass is 9.83. The highest BCUT2D eigenvalue weighted by atomic mass is 35.5. The van der Waals surface area contributed by atoms with Gasteiger partial charge in [-0.2, -0.15) is 5.26 Å². The van der Waals surface area contributed by atoms with Gasteiger partial charge in [0, 0.05) is 11.6 Å². The molecular weight excluding hydrogens is 491 g/mol. The summed E-state index contributed by atoms with van der Waals surface area (Å²) in [6.45, 7) is 2.18. The van der Waals surface area contributed by atoms with Crippen molar-refractivity contribution < 1.29 is 23.7 Å². The van der Waals surface area contributed by atoms with Crippen LogP contribution < -0.4 is 24.7 Å². The van der Waals surface area contributed by atoms with Gasteiger partial charge in [0.05, 0.1) is 35.2 Å². The van der Waals surface area contributed by atoms with E-state index in [1.807, 2.05) is 12.1 Å². The van der Waals surface area contributed by atoms with Gasteiger partial charge < -0.3 is 24.7 Å². The first-order valence-electron chi connectivity index (χ1n) is 10.6. The maximum atomic E-state index is 12.8. The minimum atomic E-state index is -0.666. The van der Waals surface area contributed by atoms with Gasteiger partial charge in [0.15, 0.2) is 5.75 Å². The van der Waals surface area contributed by atoms with E-state index in [0.29, 0.717) is 29.4 Å². The maximum Gasteiger partial charge on any atom is 0.343 e. The summed E-state index contributed by atoms with van der Waals surface area (Å²) < 4.78 is 21.8. The summed E-state index contributed by atoms with van der Waals surface area (Å²) in [5, 5.41) is 10.1. The fraction of sp³-hybridized carbons (Fsp3) is 0.154. The molecular formula is C26H20Cl2N2O5. The molecule has 1 aliphatic rings. The van der Waals surface area contributed by atoms with Gasteiger partial charge in [-0.1, -0.05) is 41.4 Å². The summed E-state index contributed by atoms with van der Waals surface area (Å²) in [5.74, 6) is 0.438. The van der Waals surface area contributed by atoms with E-state index in [-0.39, 0.29) is 32.8 Å². The molecule has 0 fully saturated rings. The number of hydrogen-bond donors (Lipinski definition) is 1. The van der Waals surface area contributed by atoms with Gasteiger partial charge >= 0.3 is 5.97 Å². The first-order valence-corrected chi connectivity index (χ1v) is 11.3. The van der Waals surface area contributed by atoms with Gasteiger partial charge in [0.1, 0.15) is 28.9 Å². The van der Waals surface area contributed by atoms with Crippen molar-refractivity contribution in [2.75, 3.05) is 13.7 Å². The van der Waals surface area contributed by atoms with E-state index in [0.717, 1.165) is 5.56 Å². The smallest absolute Gasteiger partial charge is 0.343 e. The molecule has 178 valence electrons. The third kappa shape index (κ3) is 4.85. The third-order valence-corrected chi connectivity index (χ3v) is 5.93. The Morgan fingerprint density at radius 3 is 2.34 bits per heavy atom. The molecule has 1 aliphatic heterocycles. The molecule has 1 heterocycles. The first kappa shape index (κ1) is 24.3. The molecule has 2 N–H and O–H groups in total. The van der Waals surface area contributed by atoms with Crippen LogP contribution >= 0.6 is 23.2 Å². The highest BCUT2D eigenvalue weighted by Crippen LogP contribution is 2.44. The van der Waals surface area contributed by atoms with Crippen LogP contribution in [0.1, 0.15) is 34.3 Å². The van der Waals surface area contributed by atoms with Crippen LogP contribution in [-0.2, 0) is 0 Å². The molecule has 1 unspecified atom stereocenters. The fourth-order valence-electron chi connectivity index (χ4n) is 3.76. The van der Waals surface area contributed by atoms with E-state index >= 15 is 0 Å². The van der Waals surface area contributed by atoms with Gasteiger partial charge in [0.25, 0.3) is 0 Å². The Labute approximate surface area is 212 Å². The molecule has 4 rings (SSSR count). The van der Waals surface area contributed by atoms with Crippen molar-refractivity contribution in [3.8, 4) is 29.1 Å². The Hall–Kier alpha value is -3.86. The Morgan fingerprint density at radius 1 is 1.09 bits per heavy atom. The number of rotatable bonds is 6. The number of hydrogen-bond acceptors (Lipinski definition) is 7. The van der Waals surface area contributed by atoms with Crippen LogP contribution in [0.15, 0.2) is 66.1 Å². The number of nitrogens with two attached hydrogens (primary N) is 1. The second-order valence-electron chi connectivity index (χ2n) is 7.49. The van der Waals surface area contributed by atoms with Crippen molar-refractivity contribution in [2.24, 2.45) is 5.73 Å². The topological polar surface area (TPSA) is 104 Å². The molecule has 35 heavy (non-hydrogen) atoms. The second-order valence-corrected chi connectivity index (χ2v) is 8.30. The number of halogens is 2. The normalized spacial score (nSPS) is 14.4. The van der Waals surface area contributed by atoms with Crippen molar-refractivity contribution in [3.63, 3.8) is 0 Å². The third-order valence-electron chi connectivity index (χ3n) is 5.37. The summed E-state index contributed by atoms with van der Waals surface area (Å²) in [7, 11) is 1.58. The number of esters is 1. The number of allylic oxidation sites excluding steroid dienone is 1. The standard InChI is InChI=1S/C26H20Cl2N2O5/c1-3-33-24-20(27)10-15(11-21(24)28)26(31)34-17-8-9-18-22(12-17)35-25(30)19(13-29)23(18)14-4-6-16(32-2)7-5-14/h4-12,23H,3,30H2,1-2H3. The average Bonchev–Trinajstić information content (AvgIpc) is 2.85. The molecule has 0 radical (unpaired) electrons. The first-order chi connectivity index (χ1) is 16.9. The predicted octanol–water partition coefficient (Wildman–Crippen LogP) is 5.84. The van der Waals surface area contributed by atoms with E-state index < -0.39 is 11.9 Å². The van der Waals surface area contributed by atoms with E-state index in [1.54, 1.807) is 44.4 Å². The number of carbonyl (C=O) groups is 1. The van der Waals surface area contributed by atoms with Crippen LogP contribution in [0.25, 0.3) is 0 Å². The Balaban J connectivity index is 1.64. The second kappa shape index (κ2) is 10.2. The molecule has 1 atom stereocenters. The van der Waals surface area contributed by atoms with Crippen LogP contribution in [0.2, 0.25) is 10.0 Å². The van der Waals surface area contributed by atoms with Crippen LogP contribution in [0.5, 0.6) is 23.0 Å². The zero-order chi connectivity index (χ0) is 25.1. The van der Waals surface area contributed by atoms with Crippen molar-refractivity contribution >= 4 is 29.2 Å². The fourth-order valence-corrected chi connectivity index (χ4v) is 4.36. The van der Waals surface area contributed by atoms with Crippen molar-refractivity contribution in [2.45, 2.75) is 12.8 Å². The van der Waals surface area contributed by atoms with Gasteiger partial charge in [-0.25, -0.2) is 4.79 Å². The number of carbonyl (C=O) groups excluding carboxylic acids is 1. The highest BCUT2D eigenvalue weighted by molar-refractivity contribution is 6.37. The minimum Gasteiger partial charge on any atom is -0.497 e. The van der Waals surface area contributed by atoms with Crippen LogP contribution in [-0.4, -0.2) is 19.7 Å². The molecule has 0 aromatic heterocycles. The monoisotopic (exact) mass is 510 g/mol. The summed E-state index contributed by atoms with van der Waals surface area (Å²) >= 11 is 12.4. The molecule has 9 heteroatoms. The summed E-state index contributed by atoms with van der Waals surface area (Å²) in [5.41, 5.74) is 8.04. The number of ether oxygens (including phenoxy) is 4. The zero-order valence-electron chi connectivity index (χ0n) is 18.8. The number of nitriles is 1. The van der Waals surface area contributed by atoms with Crippen molar-refractivity contribution in [1.29, 1.82) is 5.26 Å². The lowest BCUT2D eigenvalue weighted by Gasteiger charge is -2.26. The molecule has 0 saturated carbocycles. The molecule has 0 aliphatic carbocycles.